The zero-order valence-corrected chi connectivity index (χ0v) is 15.5. The number of nitrogens with one attached hydrogen (secondary N) is 3. The number of amides is 2. The van der Waals surface area contributed by atoms with Crippen molar-refractivity contribution in [1.82, 2.24) is 16.0 Å². The second kappa shape index (κ2) is 11.7. The summed E-state index contributed by atoms with van der Waals surface area (Å²) in [5, 5.41) is 8.98. The molecule has 25 heavy (non-hydrogen) atoms. The van der Waals surface area contributed by atoms with Gasteiger partial charge in [0.15, 0.2) is 0 Å². The first-order chi connectivity index (χ1) is 11.7. The molecule has 0 spiro atoms. The quantitative estimate of drug-likeness (QED) is 0.610. The van der Waals surface area contributed by atoms with Gasteiger partial charge in [0.1, 0.15) is 5.75 Å². The Morgan fingerprint density at radius 1 is 1.20 bits per heavy atom. The highest BCUT2D eigenvalue weighted by Gasteiger charge is 2.14. The maximum atomic E-state index is 12.0. The lowest BCUT2D eigenvalue weighted by atomic mass is 9.93. The molecule has 3 N–H and O–H groups in total. The Bertz CT molecular complexity index is 548. The summed E-state index contributed by atoms with van der Waals surface area (Å²) in [7, 11) is 1.57. The van der Waals surface area contributed by atoms with Gasteiger partial charge in [-0.15, -0.1) is 12.4 Å². The Morgan fingerprint density at radius 2 is 1.92 bits per heavy atom. The third-order valence-corrected chi connectivity index (χ3v) is 4.30. The van der Waals surface area contributed by atoms with Gasteiger partial charge in [0, 0.05) is 25.1 Å². The van der Waals surface area contributed by atoms with E-state index in [-0.39, 0.29) is 24.2 Å². The summed E-state index contributed by atoms with van der Waals surface area (Å²) in [6.45, 7) is 2.97. The van der Waals surface area contributed by atoms with Crippen LogP contribution in [0.5, 0.6) is 5.75 Å². The van der Waals surface area contributed by atoms with E-state index < -0.39 is 0 Å². The SMILES string of the molecule is COc1cccc(C(=O)NCCNC(=O)CCC2CCNCC2)c1.Cl. The minimum absolute atomic E-state index is 0. The fraction of sp³-hybridized carbons (Fsp3) is 0.556. The molecule has 0 atom stereocenters. The molecule has 1 aliphatic rings. The summed E-state index contributed by atoms with van der Waals surface area (Å²) in [6, 6.07) is 6.98. The highest BCUT2D eigenvalue weighted by molar-refractivity contribution is 5.94. The Balaban J connectivity index is 0.00000312. The van der Waals surface area contributed by atoms with Gasteiger partial charge in [0.25, 0.3) is 5.91 Å². The lowest BCUT2D eigenvalue weighted by molar-refractivity contribution is -0.121. The van der Waals surface area contributed by atoms with E-state index >= 15 is 0 Å². The fourth-order valence-electron chi connectivity index (χ4n) is 2.84. The predicted octanol–water partition coefficient (Wildman–Crippen LogP) is 1.74. The standard InChI is InChI=1S/C18H27N3O3.ClH/c1-24-16-4-2-3-15(13-16)18(23)21-12-11-20-17(22)6-5-14-7-9-19-10-8-14;/h2-4,13-14,19H,5-12H2,1H3,(H,20,22)(H,21,23);1H. The molecule has 0 unspecified atom stereocenters. The molecule has 140 valence electrons. The molecule has 7 heteroatoms. The van der Waals surface area contributed by atoms with Gasteiger partial charge in [-0.05, 0) is 56.5 Å². The molecular formula is C18H28ClN3O3. The van der Waals surface area contributed by atoms with Crippen LogP contribution in [0.15, 0.2) is 24.3 Å². The van der Waals surface area contributed by atoms with E-state index in [1.54, 1.807) is 31.4 Å². The number of halogens is 1. The molecule has 2 amide bonds. The minimum atomic E-state index is -0.169. The van der Waals surface area contributed by atoms with Crippen molar-refractivity contribution in [3.63, 3.8) is 0 Å². The molecule has 6 nitrogen and oxygen atoms in total. The molecule has 0 radical (unpaired) electrons. The third-order valence-electron chi connectivity index (χ3n) is 4.30. The molecule has 1 aromatic carbocycles. The van der Waals surface area contributed by atoms with Gasteiger partial charge in [-0.3, -0.25) is 9.59 Å². The lowest BCUT2D eigenvalue weighted by Crippen LogP contribution is -2.35. The molecule has 0 aromatic heterocycles. The highest BCUT2D eigenvalue weighted by atomic mass is 35.5. The van der Waals surface area contributed by atoms with E-state index in [9.17, 15) is 9.59 Å². The summed E-state index contributed by atoms with van der Waals surface area (Å²) in [5.74, 6) is 1.20. The molecule has 1 aromatic rings. The maximum Gasteiger partial charge on any atom is 0.251 e. The van der Waals surface area contributed by atoms with E-state index in [0.29, 0.717) is 36.7 Å². The van der Waals surface area contributed by atoms with Crippen LogP contribution in [0.4, 0.5) is 0 Å². The molecular weight excluding hydrogens is 342 g/mol. The van der Waals surface area contributed by atoms with Crippen molar-refractivity contribution in [3.8, 4) is 5.75 Å². The van der Waals surface area contributed by atoms with Crippen LogP contribution in [0.2, 0.25) is 0 Å². The Labute approximate surface area is 155 Å². The van der Waals surface area contributed by atoms with Crippen LogP contribution in [-0.4, -0.2) is 45.1 Å². The van der Waals surface area contributed by atoms with E-state index in [4.69, 9.17) is 4.74 Å². The topological polar surface area (TPSA) is 79.5 Å². The number of carbonyl (C=O) groups excluding carboxylic acids is 2. The zero-order chi connectivity index (χ0) is 17.2. The van der Waals surface area contributed by atoms with Gasteiger partial charge < -0.3 is 20.7 Å². The first-order valence-corrected chi connectivity index (χ1v) is 8.58. The van der Waals surface area contributed by atoms with Crippen molar-refractivity contribution in [2.75, 3.05) is 33.3 Å². The minimum Gasteiger partial charge on any atom is -0.497 e. The normalized spacial score (nSPS) is 14.3. The zero-order valence-electron chi connectivity index (χ0n) is 14.7. The number of ether oxygens (including phenoxy) is 1. The highest BCUT2D eigenvalue weighted by Crippen LogP contribution is 2.17. The number of rotatable bonds is 8. The van der Waals surface area contributed by atoms with E-state index in [1.165, 1.54) is 0 Å². The van der Waals surface area contributed by atoms with Crippen molar-refractivity contribution in [1.29, 1.82) is 0 Å². The Morgan fingerprint density at radius 3 is 2.64 bits per heavy atom. The van der Waals surface area contributed by atoms with Crippen LogP contribution in [0, 0.1) is 5.92 Å². The summed E-state index contributed by atoms with van der Waals surface area (Å²) < 4.78 is 5.10. The van der Waals surface area contributed by atoms with Crippen LogP contribution in [-0.2, 0) is 4.79 Å². The molecule has 0 bridgehead atoms. The van der Waals surface area contributed by atoms with Crippen molar-refractivity contribution in [2.45, 2.75) is 25.7 Å². The van der Waals surface area contributed by atoms with Crippen LogP contribution in [0.3, 0.4) is 0 Å². The van der Waals surface area contributed by atoms with Crippen molar-refractivity contribution >= 4 is 24.2 Å². The van der Waals surface area contributed by atoms with Crippen molar-refractivity contribution in [2.24, 2.45) is 5.92 Å². The number of hydrogen-bond donors (Lipinski definition) is 3. The summed E-state index contributed by atoms with van der Waals surface area (Å²) in [4.78, 5) is 23.8. The average molecular weight is 370 g/mol. The first-order valence-electron chi connectivity index (χ1n) is 8.58. The Hall–Kier alpha value is -1.79. The van der Waals surface area contributed by atoms with E-state index in [2.05, 4.69) is 16.0 Å². The van der Waals surface area contributed by atoms with Crippen LogP contribution in [0.1, 0.15) is 36.0 Å². The summed E-state index contributed by atoms with van der Waals surface area (Å²) >= 11 is 0. The monoisotopic (exact) mass is 369 g/mol. The molecule has 1 heterocycles. The summed E-state index contributed by atoms with van der Waals surface area (Å²) in [5.41, 5.74) is 0.548. The Kier molecular flexibility index (Phi) is 9.96. The predicted molar refractivity (Wildman–Crippen MR) is 100 cm³/mol. The summed E-state index contributed by atoms with van der Waals surface area (Å²) in [6.07, 6.45) is 3.83. The smallest absolute Gasteiger partial charge is 0.251 e. The molecule has 1 aliphatic heterocycles. The number of methoxy groups -OCH3 is 1. The van der Waals surface area contributed by atoms with Gasteiger partial charge in [0.05, 0.1) is 7.11 Å². The van der Waals surface area contributed by atoms with E-state index in [1.807, 2.05) is 0 Å². The number of benzene rings is 1. The average Bonchev–Trinajstić information content (AvgIpc) is 2.64. The van der Waals surface area contributed by atoms with Crippen molar-refractivity contribution in [3.05, 3.63) is 29.8 Å². The van der Waals surface area contributed by atoms with E-state index in [0.717, 1.165) is 32.4 Å². The number of piperidine rings is 1. The van der Waals surface area contributed by atoms with Gasteiger partial charge in [-0.25, -0.2) is 0 Å². The maximum absolute atomic E-state index is 12.0. The van der Waals surface area contributed by atoms with Crippen LogP contribution >= 0.6 is 12.4 Å². The second-order valence-corrected chi connectivity index (χ2v) is 6.07. The van der Waals surface area contributed by atoms with Crippen molar-refractivity contribution < 1.29 is 14.3 Å². The molecule has 0 aliphatic carbocycles. The molecule has 0 saturated carbocycles. The first kappa shape index (κ1) is 21.3. The van der Waals surface area contributed by atoms with Gasteiger partial charge >= 0.3 is 0 Å². The van der Waals surface area contributed by atoms with Crippen LogP contribution in [0.25, 0.3) is 0 Å². The third kappa shape index (κ3) is 7.75. The molecule has 1 fully saturated rings. The van der Waals surface area contributed by atoms with Gasteiger partial charge in [-0.1, -0.05) is 6.07 Å². The second-order valence-electron chi connectivity index (χ2n) is 6.07. The van der Waals surface area contributed by atoms with Gasteiger partial charge in [-0.2, -0.15) is 0 Å². The molecule has 1 saturated heterocycles. The fourth-order valence-corrected chi connectivity index (χ4v) is 2.84. The molecule has 2 rings (SSSR count). The van der Waals surface area contributed by atoms with Gasteiger partial charge in [0.2, 0.25) is 5.91 Å². The number of carbonyl (C=O) groups is 2. The van der Waals surface area contributed by atoms with Crippen LogP contribution < -0.4 is 20.7 Å². The number of hydrogen-bond acceptors (Lipinski definition) is 4. The lowest BCUT2D eigenvalue weighted by Gasteiger charge is -2.22. The largest absolute Gasteiger partial charge is 0.497 e.